The highest BCUT2D eigenvalue weighted by atomic mass is 14.9. The highest BCUT2D eigenvalue weighted by molar-refractivity contribution is 5.27. The van der Waals surface area contributed by atoms with Crippen LogP contribution < -0.4 is 11.1 Å². The summed E-state index contributed by atoms with van der Waals surface area (Å²) in [6, 6.07) is 9.14. The van der Waals surface area contributed by atoms with Crippen molar-refractivity contribution in [1.82, 2.24) is 5.32 Å². The van der Waals surface area contributed by atoms with Crippen LogP contribution in [-0.2, 0) is 0 Å². The lowest BCUT2D eigenvalue weighted by Gasteiger charge is -2.25. The summed E-state index contributed by atoms with van der Waals surface area (Å²) in [6.07, 6.45) is 4.92. The van der Waals surface area contributed by atoms with E-state index in [1.165, 1.54) is 36.9 Å². The van der Waals surface area contributed by atoms with Gasteiger partial charge in [-0.15, -0.1) is 0 Å². The predicted octanol–water partition coefficient (Wildman–Crippen LogP) is 3.59. The van der Waals surface area contributed by atoms with Crippen LogP contribution in [0.3, 0.4) is 0 Å². The van der Waals surface area contributed by atoms with Crippen LogP contribution in [0, 0.1) is 5.92 Å². The molecule has 0 amide bonds. The summed E-state index contributed by atoms with van der Waals surface area (Å²) in [5, 5.41) is 3.47. The van der Waals surface area contributed by atoms with Crippen LogP contribution in [0.1, 0.15) is 62.6 Å². The average Bonchev–Trinajstić information content (AvgIpc) is 2.47. The van der Waals surface area contributed by atoms with Crippen molar-refractivity contribution in [3.63, 3.8) is 0 Å². The van der Waals surface area contributed by atoms with E-state index >= 15 is 0 Å². The normalized spacial score (nSPS) is 23.0. The molecule has 1 saturated heterocycles. The van der Waals surface area contributed by atoms with E-state index in [1.807, 2.05) is 0 Å². The van der Waals surface area contributed by atoms with Gasteiger partial charge in [0.25, 0.3) is 0 Å². The summed E-state index contributed by atoms with van der Waals surface area (Å²) >= 11 is 0. The summed E-state index contributed by atoms with van der Waals surface area (Å²) in [5.74, 6) is 1.39. The molecule has 1 fully saturated rings. The Morgan fingerprint density at radius 2 is 1.95 bits per heavy atom. The first-order valence-corrected chi connectivity index (χ1v) is 7.76. The number of hydrogen-bond acceptors (Lipinski definition) is 2. The van der Waals surface area contributed by atoms with Crippen LogP contribution in [0.25, 0.3) is 0 Å². The standard InChI is InChI=1S/C17H28N2/c1-3-13(2)15-6-8-16(9-7-15)17(18)11-14-5-4-10-19-12-14/h6-9,13-14,17,19H,3-5,10-12,18H2,1-2H3. The molecule has 3 unspecified atom stereocenters. The van der Waals surface area contributed by atoms with E-state index in [0.717, 1.165) is 18.9 Å². The van der Waals surface area contributed by atoms with E-state index in [0.29, 0.717) is 5.92 Å². The van der Waals surface area contributed by atoms with Crippen LogP contribution in [0.2, 0.25) is 0 Å². The molecule has 2 heteroatoms. The molecule has 0 aliphatic carbocycles. The lowest BCUT2D eigenvalue weighted by molar-refractivity contribution is 0.337. The zero-order valence-electron chi connectivity index (χ0n) is 12.4. The molecule has 0 spiro atoms. The maximum atomic E-state index is 6.36. The fourth-order valence-electron chi connectivity index (χ4n) is 2.93. The van der Waals surface area contributed by atoms with E-state index in [9.17, 15) is 0 Å². The van der Waals surface area contributed by atoms with Crippen molar-refractivity contribution in [2.75, 3.05) is 13.1 Å². The number of piperidine rings is 1. The van der Waals surface area contributed by atoms with Crippen LogP contribution in [0.15, 0.2) is 24.3 Å². The van der Waals surface area contributed by atoms with Gasteiger partial charge in [-0.05, 0) is 61.7 Å². The summed E-state index contributed by atoms with van der Waals surface area (Å²) in [6.45, 7) is 6.83. The Labute approximate surface area is 117 Å². The van der Waals surface area contributed by atoms with Gasteiger partial charge in [0.05, 0.1) is 0 Å². The van der Waals surface area contributed by atoms with E-state index < -0.39 is 0 Å². The molecule has 1 aliphatic heterocycles. The van der Waals surface area contributed by atoms with Crippen LogP contribution in [-0.4, -0.2) is 13.1 Å². The number of rotatable bonds is 5. The van der Waals surface area contributed by atoms with Gasteiger partial charge in [-0.25, -0.2) is 0 Å². The molecule has 2 rings (SSSR count). The van der Waals surface area contributed by atoms with Gasteiger partial charge in [-0.2, -0.15) is 0 Å². The molecule has 2 nitrogen and oxygen atoms in total. The van der Waals surface area contributed by atoms with Gasteiger partial charge in [0, 0.05) is 6.04 Å². The number of nitrogens with one attached hydrogen (secondary N) is 1. The third kappa shape index (κ3) is 4.05. The molecule has 19 heavy (non-hydrogen) atoms. The van der Waals surface area contributed by atoms with Crippen molar-refractivity contribution < 1.29 is 0 Å². The molecular formula is C17H28N2. The smallest absolute Gasteiger partial charge is 0.0297 e. The molecule has 3 N–H and O–H groups in total. The summed E-state index contributed by atoms with van der Waals surface area (Å²) in [4.78, 5) is 0. The second-order valence-corrected chi connectivity index (χ2v) is 6.03. The Balaban J connectivity index is 1.93. The second kappa shape index (κ2) is 7.06. The van der Waals surface area contributed by atoms with Gasteiger partial charge < -0.3 is 11.1 Å². The van der Waals surface area contributed by atoms with Gasteiger partial charge >= 0.3 is 0 Å². The van der Waals surface area contributed by atoms with E-state index in [1.54, 1.807) is 0 Å². The molecule has 0 bridgehead atoms. The van der Waals surface area contributed by atoms with Gasteiger partial charge in [0.15, 0.2) is 0 Å². The fraction of sp³-hybridized carbons (Fsp3) is 0.647. The summed E-state index contributed by atoms with van der Waals surface area (Å²) in [7, 11) is 0. The lowest BCUT2D eigenvalue weighted by atomic mass is 9.89. The summed E-state index contributed by atoms with van der Waals surface area (Å²) in [5.41, 5.74) is 9.07. The maximum Gasteiger partial charge on any atom is 0.0297 e. The zero-order valence-corrected chi connectivity index (χ0v) is 12.4. The van der Waals surface area contributed by atoms with Crippen molar-refractivity contribution in [1.29, 1.82) is 0 Å². The highest BCUT2D eigenvalue weighted by Gasteiger charge is 2.17. The molecule has 0 radical (unpaired) electrons. The topological polar surface area (TPSA) is 38.0 Å². The number of hydrogen-bond donors (Lipinski definition) is 2. The minimum atomic E-state index is 0.191. The van der Waals surface area contributed by atoms with Gasteiger partial charge in [0.1, 0.15) is 0 Å². The molecule has 1 aromatic rings. The Morgan fingerprint density at radius 3 is 2.53 bits per heavy atom. The second-order valence-electron chi connectivity index (χ2n) is 6.03. The Kier molecular flexibility index (Phi) is 5.41. The molecular weight excluding hydrogens is 232 g/mol. The Hall–Kier alpha value is -0.860. The highest BCUT2D eigenvalue weighted by Crippen LogP contribution is 2.25. The van der Waals surface area contributed by atoms with Crippen molar-refractivity contribution in [3.8, 4) is 0 Å². The molecule has 3 atom stereocenters. The molecule has 0 aromatic heterocycles. The van der Waals surface area contributed by atoms with Crippen molar-refractivity contribution in [2.45, 2.75) is 51.5 Å². The first-order chi connectivity index (χ1) is 9.20. The largest absolute Gasteiger partial charge is 0.324 e. The van der Waals surface area contributed by atoms with E-state index in [2.05, 4.69) is 43.4 Å². The maximum absolute atomic E-state index is 6.36. The third-order valence-electron chi connectivity index (χ3n) is 4.53. The first-order valence-electron chi connectivity index (χ1n) is 7.76. The van der Waals surface area contributed by atoms with Crippen molar-refractivity contribution in [2.24, 2.45) is 11.7 Å². The quantitative estimate of drug-likeness (QED) is 0.849. The van der Waals surface area contributed by atoms with E-state index in [4.69, 9.17) is 5.73 Å². The Bertz CT molecular complexity index is 365. The van der Waals surface area contributed by atoms with Gasteiger partial charge in [-0.1, -0.05) is 38.1 Å². The average molecular weight is 260 g/mol. The zero-order chi connectivity index (χ0) is 13.7. The number of nitrogens with two attached hydrogens (primary N) is 1. The monoisotopic (exact) mass is 260 g/mol. The van der Waals surface area contributed by atoms with Gasteiger partial charge in [0.2, 0.25) is 0 Å². The molecule has 1 aliphatic rings. The first kappa shape index (κ1) is 14.5. The Morgan fingerprint density at radius 1 is 1.26 bits per heavy atom. The molecule has 1 aromatic carbocycles. The predicted molar refractivity (Wildman–Crippen MR) is 82.3 cm³/mol. The SMILES string of the molecule is CCC(C)c1ccc(C(N)CC2CCCNC2)cc1. The molecule has 106 valence electrons. The van der Waals surface area contributed by atoms with Crippen molar-refractivity contribution >= 4 is 0 Å². The summed E-state index contributed by atoms with van der Waals surface area (Å²) < 4.78 is 0. The van der Waals surface area contributed by atoms with Crippen LogP contribution >= 0.6 is 0 Å². The third-order valence-corrected chi connectivity index (χ3v) is 4.53. The number of benzene rings is 1. The van der Waals surface area contributed by atoms with Crippen molar-refractivity contribution in [3.05, 3.63) is 35.4 Å². The lowest BCUT2D eigenvalue weighted by Crippen LogP contribution is -2.31. The minimum absolute atomic E-state index is 0.191. The molecule has 0 saturated carbocycles. The van der Waals surface area contributed by atoms with E-state index in [-0.39, 0.29) is 6.04 Å². The minimum Gasteiger partial charge on any atom is -0.324 e. The van der Waals surface area contributed by atoms with Crippen LogP contribution in [0.5, 0.6) is 0 Å². The van der Waals surface area contributed by atoms with Crippen LogP contribution in [0.4, 0.5) is 0 Å². The fourth-order valence-corrected chi connectivity index (χ4v) is 2.93. The molecule has 1 heterocycles. The van der Waals surface area contributed by atoms with Gasteiger partial charge in [-0.3, -0.25) is 0 Å².